The van der Waals surface area contributed by atoms with Crippen molar-refractivity contribution in [3.63, 3.8) is 0 Å². The minimum absolute atomic E-state index is 0.177. The minimum atomic E-state index is -0.756. The Labute approximate surface area is 108 Å². The molecule has 3 heteroatoms. The second kappa shape index (κ2) is 5.53. The van der Waals surface area contributed by atoms with Crippen LogP contribution in [0.5, 0.6) is 0 Å². The van der Waals surface area contributed by atoms with E-state index in [1.807, 2.05) is 30.3 Å². The third-order valence-corrected chi connectivity index (χ3v) is 4.03. The first-order valence-corrected chi connectivity index (χ1v) is 6.49. The van der Waals surface area contributed by atoms with Gasteiger partial charge in [-0.25, -0.2) is 0 Å². The molecule has 2 rings (SSSR count). The summed E-state index contributed by atoms with van der Waals surface area (Å²) in [6.45, 7) is 0. The Morgan fingerprint density at radius 1 is 1.39 bits per heavy atom. The Morgan fingerprint density at radius 2 is 2.11 bits per heavy atom. The predicted molar refractivity (Wildman–Crippen MR) is 69.5 cm³/mol. The lowest BCUT2D eigenvalue weighted by molar-refractivity contribution is -0.162. The fourth-order valence-corrected chi connectivity index (χ4v) is 3.03. The number of benzene rings is 1. The zero-order chi connectivity index (χ0) is 13.0. The van der Waals surface area contributed by atoms with E-state index in [0.717, 1.165) is 24.8 Å². The van der Waals surface area contributed by atoms with Crippen LogP contribution in [0.15, 0.2) is 30.3 Å². The maximum atomic E-state index is 11.8. The number of rotatable bonds is 4. The van der Waals surface area contributed by atoms with Crippen LogP contribution in [0.1, 0.15) is 31.2 Å². The Bertz CT molecular complexity index is 401. The number of carbonyl (C=O) groups is 1. The van der Waals surface area contributed by atoms with E-state index in [4.69, 9.17) is 4.74 Å². The molecule has 98 valence electrons. The Hall–Kier alpha value is -1.35. The summed E-state index contributed by atoms with van der Waals surface area (Å²) in [5, 5.41) is 9.67. The highest BCUT2D eigenvalue weighted by atomic mass is 16.5. The minimum Gasteiger partial charge on any atom is -0.481 e. The summed E-state index contributed by atoms with van der Waals surface area (Å²) in [7, 11) is 1.62. The topological polar surface area (TPSA) is 46.5 Å². The van der Waals surface area contributed by atoms with Gasteiger partial charge in [-0.15, -0.1) is 0 Å². The number of ether oxygens (including phenoxy) is 1. The molecule has 0 aromatic heterocycles. The molecule has 0 aliphatic heterocycles. The monoisotopic (exact) mass is 248 g/mol. The van der Waals surface area contributed by atoms with Crippen LogP contribution in [0, 0.1) is 5.41 Å². The van der Waals surface area contributed by atoms with Crippen LogP contribution in [0.4, 0.5) is 0 Å². The van der Waals surface area contributed by atoms with Crippen molar-refractivity contribution in [2.24, 2.45) is 5.41 Å². The fraction of sp³-hybridized carbons (Fsp3) is 0.533. The van der Waals surface area contributed by atoms with E-state index in [9.17, 15) is 9.90 Å². The first-order chi connectivity index (χ1) is 8.69. The van der Waals surface area contributed by atoms with Crippen LogP contribution >= 0.6 is 0 Å². The van der Waals surface area contributed by atoms with Gasteiger partial charge in [0.15, 0.2) is 0 Å². The van der Waals surface area contributed by atoms with Crippen molar-refractivity contribution in [2.45, 2.75) is 38.2 Å². The first-order valence-electron chi connectivity index (χ1n) is 6.49. The van der Waals surface area contributed by atoms with Crippen LogP contribution < -0.4 is 0 Å². The van der Waals surface area contributed by atoms with Crippen LogP contribution in [0.2, 0.25) is 0 Å². The largest absolute Gasteiger partial charge is 0.481 e. The van der Waals surface area contributed by atoms with Gasteiger partial charge in [-0.1, -0.05) is 43.2 Å². The lowest BCUT2D eigenvalue weighted by Crippen LogP contribution is -2.47. The molecule has 0 amide bonds. The van der Waals surface area contributed by atoms with Crippen LogP contribution in [-0.2, 0) is 16.0 Å². The number of carboxylic acid groups (broad SMARTS) is 1. The van der Waals surface area contributed by atoms with Crippen molar-refractivity contribution >= 4 is 5.97 Å². The molecule has 1 aromatic carbocycles. The summed E-state index contributed by atoms with van der Waals surface area (Å²) < 4.78 is 5.46. The molecule has 18 heavy (non-hydrogen) atoms. The number of hydrogen-bond acceptors (Lipinski definition) is 2. The van der Waals surface area contributed by atoms with Crippen LogP contribution in [-0.4, -0.2) is 24.3 Å². The summed E-state index contributed by atoms with van der Waals surface area (Å²) in [5.74, 6) is -0.724. The Morgan fingerprint density at radius 3 is 2.72 bits per heavy atom. The quantitative estimate of drug-likeness (QED) is 0.891. The lowest BCUT2D eigenvalue weighted by atomic mass is 9.68. The molecule has 1 aromatic rings. The third kappa shape index (κ3) is 2.41. The predicted octanol–water partition coefficient (Wildman–Crippen LogP) is 2.89. The molecule has 0 spiro atoms. The highest BCUT2D eigenvalue weighted by Crippen LogP contribution is 2.41. The normalized spacial score (nSPS) is 27.9. The molecule has 0 radical (unpaired) electrons. The molecular weight excluding hydrogens is 228 g/mol. The molecule has 0 saturated heterocycles. The van der Waals surface area contributed by atoms with Gasteiger partial charge in [0.1, 0.15) is 0 Å². The molecule has 1 fully saturated rings. The summed E-state index contributed by atoms with van der Waals surface area (Å²) in [6, 6.07) is 9.84. The van der Waals surface area contributed by atoms with Gasteiger partial charge in [0, 0.05) is 7.11 Å². The van der Waals surface area contributed by atoms with Gasteiger partial charge in [-0.3, -0.25) is 4.79 Å². The zero-order valence-corrected chi connectivity index (χ0v) is 10.8. The lowest BCUT2D eigenvalue weighted by Gasteiger charge is -2.40. The van der Waals surface area contributed by atoms with E-state index >= 15 is 0 Å². The maximum absolute atomic E-state index is 11.8. The Kier molecular flexibility index (Phi) is 4.02. The van der Waals surface area contributed by atoms with E-state index in [1.165, 1.54) is 0 Å². The molecular formula is C15H20O3. The fourth-order valence-electron chi connectivity index (χ4n) is 3.03. The van der Waals surface area contributed by atoms with Gasteiger partial charge in [0.05, 0.1) is 11.5 Å². The molecule has 0 bridgehead atoms. The number of aliphatic carboxylic acids is 1. The van der Waals surface area contributed by atoms with Crippen LogP contribution in [0.3, 0.4) is 0 Å². The van der Waals surface area contributed by atoms with Gasteiger partial charge in [-0.05, 0) is 24.8 Å². The molecule has 1 N–H and O–H groups in total. The van der Waals surface area contributed by atoms with E-state index in [2.05, 4.69) is 0 Å². The van der Waals surface area contributed by atoms with E-state index in [-0.39, 0.29) is 6.10 Å². The summed E-state index contributed by atoms with van der Waals surface area (Å²) in [6.07, 6.45) is 3.96. The van der Waals surface area contributed by atoms with Crippen molar-refractivity contribution < 1.29 is 14.6 Å². The second-order valence-corrected chi connectivity index (χ2v) is 5.09. The first kappa shape index (κ1) is 13.1. The van der Waals surface area contributed by atoms with Crippen LogP contribution in [0.25, 0.3) is 0 Å². The van der Waals surface area contributed by atoms with Gasteiger partial charge in [0.25, 0.3) is 0 Å². The van der Waals surface area contributed by atoms with Gasteiger partial charge in [0.2, 0.25) is 0 Å². The summed E-state index contributed by atoms with van der Waals surface area (Å²) in [5.41, 5.74) is 0.317. The molecule has 2 atom stereocenters. The highest BCUT2D eigenvalue weighted by molar-refractivity contribution is 5.76. The molecule has 0 heterocycles. The van der Waals surface area contributed by atoms with Crippen molar-refractivity contribution in [1.82, 2.24) is 0 Å². The maximum Gasteiger partial charge on any atom is 0.312 e. The summed E-state index contributed by atoms with van der Waals surface area (Å²) >= 11 is 0. The number of carboxylic acids is 1. The SMILES string of the molecule is COC1CCCCC1(Cc1ccccc1)C(=O)O. The average Bonchev–Trinajstić information content (AvgIpc) is 2.40. The summed E-state index contributed by atoms with van der Waals surface area (Å²) in [4.78, 5) is 11.8. The Balaban J connectivity index is 2.28. The number of methoxy groups -OCH3 is 1. The molecule has 2 unspecified atom stereocenters. The molecule has 1 aliphatic rings. The van der Waals surface area contributed by atoms with Gasteiger partial charge < -0.3 is 9.84 Å². The van der Waals surface area contributed by atoms with E-state index in [1.54, 1.807) is 7.11 Å². The van der Waals surface area contributed by atoms with Crippen molar-refractivity contribution in [1.29, 1.82) is 0 Å². The van der Waals surface area contributed by atoms with Gasteiger partial charge >= 0.3 is 5.97 Å². The number of hydrogen-bond donors (Lipinski definition) is 1. The highest BCUT2D eigenvalue weighted by Gasteiger charge is 2.47. The molecule has 1 saturated carbocycles. The second-order valence-electron chi connectivity index (χ2n) is 5.09. The van der Waals surface area contributed by atoms with E-state index in [0.29, 0.717) is 12.8 Å². The smallest absolute Gasteiger partial charge is 0.312 e. The molecule has 1 aliphatic carbocycles. The van der Waals surface area contributed by atoms with Crippen molar-refractivity contribution in [2.75, 3.05) is 7.11 Å². The van der Waals surface area contributed by atoms with Crippen molar-refractivity contribution in [3.8, 4) is 0 Å². The van der Waals surface area contributed by atoms with Crippen molar-refractivity contribution in [3.05, 3.63) is 35.9 Å². The zero-order valence-electron chi connectivity index (χ0n) is 10.8. The average molecular weight is 248 g/mol. The van der Waals surface area contributed by atoms with E-state index < -0.39 is 11.4 Å². The third-order valence-electron chi connectivity index (χ3n) is 4.03. The standard InChI is InChI=1S/C15H20O3/c1-18-13-9-5-6-10-15(13,14(16)17)11-12-7-3-2-4-8-12/h2-4,7-8,13H,5-6,9-11H2,1H3,(H,16,17). The van der Waals surface area contributed by atoms with Gasteiger partial charge in [-0.2, -0.15) is 0 Å². The molecule has 3 nitrogen and oxygen atoms in total.